The fraction of sp³-hybridized carbons (Fsp3) is 0.0635. The Morgan fingerprint density at radius 3 is 0.865 bits per heavy atom. The molecule has 74 heavy (non-hydrogen) atoms. The van der Waals surface area contributed by atoms with Crippen molar-refractivity contribution in [3.8, 4) is 0 Å². The third-order valence-corrected chi connectivity index (χ3v) is 12.3. The molecule has 0 spiro atoms. The van der Waals surface area contributed by atoms with Gasteiger partial charge in [0.15, 0.2) is 40.5 Å². The molecule has 11 nitrogen and oxygen atoms in total. The van der Waals surface area contributed by atoms with E-state index in [1.807, 2.05) is 6.07 Å². The number of hydrogen-bond acceptors (Lipinski definition) is 9. The Morgan fingerprint density at radius 1 is 0.297 bits per heavy atom. The summed E-state index contributed by atoms with van der Waals surface area (Å²) in [4.78, 5) is 125. The molecule has 8 rings (SSSR count). The van der Waals surface area contributed by atoms with Gasteiger partial charge in [-0.15, -0.1) is 0 Å². The van der Waals surface area contributed by atoms with E-state index in [1.54, 1.807) is 116 Å². The number of carbonyl (C=O) groups is 9. The lowest BCUT2D eigenvalue weighted by atomic mass is 9.86. The third kappa shape index (κ3) is 10.9. The van der Waals surface area contributed by atoms with Crippen molar-refractivity contribution >= 4 is 52.3 Å². The van der Waals surface area contributed by atoms with Crippen LogP contribution in [0.5, 0.6) is 0 Å². The first-order valence-corrected chi connectivity index (χ1v) is 23.6. The van der Waals surface area contributed by atoms with Crippen molar-refractivity contribution in [3.63, 3.8) is 0 Å². The number of hydrogen-bond donors (Lipinski definition) is 2. The Morgan fingerprint density at radius 2 is 0.541 bits per heavy atom. The van der Waals surface area contributed by atoms with Crippen molar-refractivity contribution in [1.82, 2.24) is 10.6 Å². The van der Waals surface area contributed by atoms with E-state index < -0.39 is 40.6 Å². The maximum Gasteiger partial charge on any atom is 0.252 e. The van der Waals surface area contributed by atoms with Gasteiger partial charge in [-0.05, 0) is 19.4 Å². The molecule has 0 saturated heterocycles. The van der Waals surface area contributed by atoms with Crippen LogP contribution < -0.4 is 10.6 Å². The highest BCUT2D eigenvalue weighted by Gasteiger charge is 2.29. The van der Waals surface area contributed by atoms with Crippen LogP contribution in [0.4, 0.5) is 0 Å². The van der Waals surface area contributed by atoms with Crippen LogP contribution in [-0.2, 0) is 4.79 Å². The molecule has 0 unspecified atom stereocenters. The van der Waals surface area contributed by atoms with Gasteiger partial charge in [0.1, 0.15) is 0 Å². The Balaban J connectivity index is 1.05. The quantitative estimate of drug-likeness (QED) is 0.0427. The summed E-state index contributed by atoms with van der Waals surface area (Å²) in [6.07, 6.45) is 0.417. The minimum absolute atomic E-state index is 0.0177. The molecule has 0 atom stereocenters. The summed E-state index contributed by atoms with van der Waals surface area (Å²) in [5.41, 5.74) is 1.34. The standard InChI is InChI=1S/C63H46N2O9/c1-39(2)62(73)64-37-18-38-65-63(74)54-32-17-16-31-53(54)61(72)52-30-15-14-29-51(52)60(71)50-28-13-12-27-49(50)59(70)48-26-11-10-25-47(48)58(69)46-24-9-8-23-45(46)57(68)44-22-7-6-21-43(44)56(67)42-35-33-41(34-36-42)55(66)40-19-4-3-5-20-40/h3-17,19-36H,1,18,37-38H2,2H3,(H,64,73)(H,65,74). The van der Waals surface area contributed by atoms with E-state index in [2.05, 4.69) is 17.2 Å². The average Bonchev–Trinajstić information content (AvgIpc) is 3.45. The van der Waals surface area contributed by atoms with E-state index in [9.17, 15) is 43.2 Å². The molecule has 362 valence electrons. The van der Waals surface area contributed by atoms with Gasteiger partial charge in [0.25, 0.3) is 5.91 Å². The summed E-state index contributed by atoms with van der Waals surface area (Å²) in [5, 5.41) is 5.47. The summed E-state index contributed by atoms with van der Waals surface area (Å²) in [6.45, 7) is 5.69. The molecule has 0 heterocycles. The molecule has 0 aliphatic heterocycles. The smallest absolute Gasteiger partial charge is 0.252 e. The van der Waals surface area contributed by atoms with E-state index >= 15 is 0 Å². The van der Waals surface area contributed by atoms with Gasteiger partial charge >= 0.3 is 0 Å². The number of amides is 2. The highest BCUT2D eigenvalue weighted by atomic mass is 16.2. The van der Waals surface area contributed by atoms with E-state index in [0.29, 0.717) is 29.7 Å². The normalized spacial score (nSPS) is 10.7. The summed E-state index contributed by atoms with van der Waals surface area (Å²) < 4.78 is 0. The predicted molar refractivity (Wildman–Crippen MR) is 280 cm³/mol. The summed E-state index contributed by atoms with van der Waals surface area (Å²) in [5.74, 6) is -4.76. The fourth-order valence-electron chi connectivity index (χ4n) is 8.42. The number of nitrogens with one attached hydrogen (secondary N) is 2. The van der Waals surface area contributed by atoms with Gasteiger partial charge in [-0.25, -0.2) is 0 Å². The molecule has 0 aliphatic rings. The van der Waals surface area contributed by atoms with Crippen molar-refractivity contribution in [2.75, 3.05) is 13.1 Å². The van der Waals surface area contributed by atoms with Crippen LogP contribution in [0.25, 0.3) is 0 Å². The zero-order chi connectivity index (χ0) is 52.3. The van der Waals surface area contributed by atoms with Gasteiger partial charge < -0.3 is 10.6 Å². The van der Waals surface area contributed by atoms with E-state index in [-0.39, 0.29) is 90.6 Å². The Kier molecular flexibility index (Phi) is 15.6. The molecule has 0 fully saturated rings. The summed E-state index contributed by atoms with van der Waals surface area (Å²) in [6, 6.07) is 51.6. The van der Waals surface area contributed by atoms with Crippen LogP contribution in [0.3, 0.4) is 0 Å². The lowest BCUT2D eigenvalue weighted by Gasteiger charge is -2.15. The zero-order valence-corrected chi connectivity index (χ0v) is 40.1. The first kappa shape index (κ1) is 50.5. The van der Waals surface area contributed by atoms with E-state index in [0.717, 1.165) is 0 Å². The van der Waals surface area contributed by atoms with Crippen molar-refractivity contribution < 1.29 is 43.2 Å². The number of benzene rings is 8. The van der Waals surface area contributed by atoms with Gasteiger partial charge in [0, 0.05) is 96.6 Å². The van der Waals surface area contributed by atoms with Crippen LogP contribution in [0.1, 0.15) is 135 Å². The topological polar surface area (TPSA) is 178 Å². The molecule has 0 bridgehead atoms. The molecule has 0 saturated carbocycles. The highest BCUT2D eigenvalue weighted by Crippen LogP contribution is 2.28. The van der Waals surface area contributed by atoms with Crippen LogP contribution in [-0.4, -0.2) is 65.4 Å². The van der Waals surface area contributed by atoms with Crippen molar-refractivity contribution in [1.29, 1.82) is 0 Å². The molecule has 8 aromatic carbocycles. The second-order valence-corrected chi connectivity index (χ2v) is 17.2. The first-order chi connectivity index (χ1) is 35.8. The van der Waals surface area contributed by atoms with Gasteiger partial charge in [0.2, 0.25) is 5.91 Å². The SMILES string of the molecule is C=C(C)C(=O)NCCCNC(=O)c1ccccc1C(=O)c1ccccc1C(=O)c1ccccc1C(=O)c1ccccc1C(=O)c1ccccc1C(=O)c1ccccc1C(=O)c1ccc(C(=O)c2ccccc2)cc1. The number of ketones is 7. The lowest BCUT2D eigenvalue weighted by Crippen LogP contribution is -2.30. The summed E-state index contributed by atoms with van der Waals surface area (Å²) >= 11 is 0. The summed E-state index contributed by atoms with van der Waals surface area (Å²) in [7, 11) is 0. The predicted octanol–water partition coefficient (Wildman–Crippen LogP) is 10.1. The molecule has 2 amide bonds. The molecular formula is C63H46N2O9. The fourth-order valence-corrected chi connectivity index (χ4v) is 8.42. The van der Waals surface area contributed by atoms with Gasteiger partial charge in [-0.3, -0.25) is 43.2 Å². The second-order valence-electron chi connectivity index (χ2n) is 17.2. The maximum absolute atomic E-state index is 14.8. The van der Waals surface area contributed by atoms with Gasteiger partial charge in [-0.2, -0.15) is 0 Å². The molecule has 0 aliphatic carbocycles. The van der Waals surface area contributed by atoms with Crippen molar-refractivity contribution in [3.05, 3.63) is 296 Å². The van der Waals surface area contributed by atoms with Crippen molar-refractivity contribution in [2.24, 2.45) is 0 Å². The average molecular weight is 975 g/mol. The largest absolute Gasteiger partial charge is 0.352 e. The molecule has 2 N–H and O–H groups in total. The zero-order valence-electron chi connectivity index (χ0n) is 40.1. The Labute approximate surface area is 426 Å². The number of carbonyl (C=O) groups excluding carboxylic acids is 9. The lowest BCUT2D eigenvalue weighted by molar-refractivity contribution is -0.117. The number of rotatable bonds is 20. The first-order valence-electron chi connectivity index (χ1n) is 23.6. The Bertz CT molecular complexity index is 3570. The molecule has 0 aromatic heterocycles. The maximum atomic E-state index is 14.8. The minimum atomic E-state index is -0.681. The van der Waals surface area contributed by atoms with Gasteiger partial charge in [0.05, 0.1) is 5.56 Å². The third-order valence-electron chi connectivity index (χ3n) is 12.3. The van der Waals surface area contributed by atoms with Crippen molar-refractivity contribution in [2.45, 2.75) is 13.3 Å². The van der Waals surface area contributed by atoms with Gasteiger partial charge in [-0.1, -0.05) is 201 Å². The van der Waals surface area contributed by atoms with E-state index in [4.69, 9.17) is 0 Å². The molecule has 11 heteroatoms. The van der Waals surface area contributed by atoms with Crippen LogP contribution in [0, 0.1) is 0 Å². The molecule has 0 radical (unpaired) electrons. The van der Waals surface area contributed by atoms with E-state index in [1.165, 1.54) is 84.9 Å². The highest BCUT2D eigenvalue weighted by molar-refractivity contribution is 6.28. The minimum Gasteiger partial charge on any atom is -0.352 e. The van der Waals surface area contributed by atoms with Crippen LogP contribution in [0.15, 0.2) is 212 Å². The molecular weight excluding hydrogens is 929 g/mol. The van der Waals surface area contributed by atoms with Crippen LogP contribution >= 0.6 is 0 Å². The second kappa shape index (κ2) is 22.9. The molecule has 8 aromatic rings. The monoisotopic (exact) mass is 974 g/mol. The Hall–Kier alpha value is -9.87. The van der Waals surface area contributed by atoms with Crippen LogP contribution in [0.2, 0.25) is 0 Å².